The molecule has 2 aromatic carbocycles. The summed E-state index contributed by atoms with van der Waals surface area (Å²) >= 11 is 0. The van der Waals surface area contributed by atoms with Crippen molar-refractivity contribution in [1.29, 1.82) is 0 Å². The summed E-state index contributed by atoms with van der Waals surface area (Å²) in [6.45, 7) is 4.25. The Labute approximate surface area is 119 Å². The SMILES string of the molecule is Cc1ccc(F)c(NC2CCC(C)c3ccccc32)c1. The third-order valence-electron chi connectivity index (χ3n) is 4.24. The van der Waals surface area contributed by atoms with Gasteiger partial charge in [0, 0.05) is 0 Å². The topological polar surface area (TPSA) is 12.0 Å². The number of hydrogen-bond acceptors (Lipinski definition) is 1. The summed E-state index contributed by atoms with van der Waals surface area (Å²) in [5.74, 6) is 0.415. The van der Waals surface area contributed by atoms with Crippen LogP contribution in [0.5, 0.6) is 0 Å². The van der Waals surface area contributed by atoms with Gasteiger partial charge in [0.05, 0.1) is 11.7 Å². The molecule has 0 saturated heterocycles. The zero-order valence-corrected chi connectivity index (χ0v) is 12.0. The molecule has 0 heterocycles. The Hall–Kier alpha value is -1.83. The molecule has 0 radical (unpaired) electrons. The molecule has 1 nitrogen and oxygen atoms in total. The minimum absolute atomic E-state index is 0.174. The normalized spacial score (nSPS) is 21.4. The van der Waals surface area contributed by atoms with Crippen molar-refractivity contribution < 1.29 is 4.39 Å². The van der Waals surface area contributed by atoms with Crippen molar-refractivity contribution in [2.45, 2.75) is 38.6 Å². The van der Waals surface area contributed by atoms with Gasteiger partial charge in [0.2, 0.25) is 0 Å². The molecule has 1 aliphatic carbocycles. The average molecular weight is 269 g/mol. The van der Waals surface area contributed by atoms with Crippen LogP contribution in [0.2, 0.25) is 0 Å². The van der Waals surface area contributed by atoms with E-state index in [-0.39, 0.29) is 11.9 Å². The predicted molar refractivity (Wildman–Crippen MR) is 81.6 cm³/mol. The van der Waals surface area contributed by atoms with Crippen LogP contribution in [-0.4, -0.2) is 0 Å². The first-order chi connectivity index (χ1) is 9.65. The number of halogens is 1. The van der Waals surface area contributed by atoms with Crippen molar-refractivity contribution in [3.05, 3.63) is 65.0 Å². The summed E-state index contributed by atoms with van der Waals surface area (Å²) in [5, 5.41) is 3.39. The summed E-state index contributed by atoms with van der Waals surface area (Å²) in [6.07, 6.45) is 2.19. The van der Waals surface area contributed by atoms with Crippen molar-refractivity contribution in [1.82, 2.24) is 0 Å². The van der Waals surface area contributed by atoms with E-state index in [9.17, 15) is 4.39 Å². The highest BCUT2D eigenvalue weighted by atomic mass is 19.1. The molecule has 0 aromatic heterocycles. The molecule has 20 heavy (non-hydrogen) atoms. The fourth-order valence-electron chi connectivity index (χ4n) is 3.09. The van der Waals surface area contributed by atoms with E-state index in [0.29, 0.717) is 11.6 Å². The van der Waals surface area contributed by atoms with E-state index in [1.807, 2.05) is 13.0 Å². The van der Waals surface area contributed by atoms with Gasteiger partial charge in [-0.25, -0.2) is 4.39 Å². The smallest absolute Gasteiger partial charge is 0.146 e. The molecule has 0 fully saturated rings. The van der Waals surface area contributed by atoms with Crippen LogP contribution in [0.25, 0.3) is 0 Å². The lowest BCUT2D eigenvalue weighted by molar-refractivity contribution is 0.531. The van der Waals surface area contributed by atoms with E-state index in [1.165, 1.54) is 17.2 Å². The molecule has 0 amide bonds. The van der Waals surface area contributed by atoms with Crippen LogP contribution in [0.1, 0.15) is 48.4 Å². The van der Waals surface area contributed by atoms with Crippen LogP contribution in [0.4, 0.5) is 10.1 Å². The number of rotatable bonds is 2. The van der Waals surface area contributed by atoms with Crippen molar-refractivity contribution in [3.63, 3.8) is 0 Å². The maximum Gasteiger partial charge on any atom is 0.146 e. The third-order valence-corrected chi connectivity index (χ3v) is 4.24. The zero-order valence-electron chi connectivity index (χ0n) is 12.0. The first-order valence-corrected chi connectivity index (χ1v) is 7.26. The number of anilines is 1. The first-order valence-electron chi connectivity index (χ1n) is 7.26. The molecular weight excluding hydrogens is 249 g/mol. The van der Waals surface area contributed by atoms with Gasteiger partial charge in [-0.1, -0.05) is 37.3 Å². The maximum absolute atomic E-state index is 13.9. The molecule has 2 aromatic rings. The van der Waals surface area contributed by atoms with E-state index in [1.54, 1.807) is 6.07 Å². The molecule has 2 heteroatoms. The predicted octanol–water partition coefficient (Wildman–Crippen LogP) is 5.18. The van der Waals surface area contributed by atoms with Gasteiger partial charge >= 0.3 is 0 Å². The summed E-state index contributed by atoms with van der Waals surface area (Å²) < 4.78 is 13.9. The van der Waals surface area contributed by atoms with E-state index in [0.717, 1.165) is 18.4 Å². The minimum atomic E-state index is -0.174. The number of nitrogens with one attached hydrogen (secondary N) is 1. The second-order valence-electron chi connectivity index (χ2n) is 5.79. The third kappa shape index (κ3) is 2.43. The summed E-state index contributed by atoms with van der Waals surface area (Å²) in [6, 6.07) is 13.9. The Balaban J connectivity index is 1.92. The summed E-state index contributed by atoms with van der Waals surface area (Å²) in [7, 11) is 0. The van der Waals surface area contributed by atoms with Gasteiger partial charge < -0.3 is 5.32 Å². The van der Waals surface area contributed by atoms with Crippen LogP contribution in [0.15, 0.2) is 42.5 Å². The largest absolute Gasteiger partial charge is 0.376 e. The Bertz CT molecular complexity index is 621. The Morgan fingerprint density at radius 2 is 1.80 bits per heavy atom. The van der Waals surface area contributed by atoms with Gasteiger partial charge in [0.15, 0.2) is 0 Å². The molecule has 104 valence electrons. The van der Waals surface area contributed by atoms with Gasteiger partial charge in [0.25, 0.3) is 0 Å². The molecular formula is C18H20FN. The lowest BCUT2D eigenvalue weighted by Gasteiger charge is -2.31. The molecule has 1 N–H and O–H groups in total. The molecule has 1 aliphatic rings. The number of hydrogen-bond donors (Lipinski definition) is 1. The molecule has 0 saturated carbocycles. The molecule has 0 spiro atoms. The van der Waals surface area contributed by atoms with E-state index >= 15 is 0 Å². The maximum atomic E-state index is 13.9. The fourth-order valence-corrected chi connectivity index (χ4v) is 3.09. The average Bonchev–Trinajstić information content (AvgIpc) is 2.46. The van der Waals surface area contributed by atoms with Crippen LogP contribution in [0, 0.1) is 12.7 Å². The van der Waals surface area contributed by atoms with Gasteiger partial charge in [0.1, 0.15) is 5.82 Å². The first kappa shape index (κ1) is 13.2. The Morgan fingerprint density at radius 3 is 2.60 bits per heavy atom. The highest BCUT2D eigenvalue weighted by molar-refractivity contribution is 5.50. The van der Waals surface area contributed by atoms with E-state index in [4.69, 9.17) is 0 Å². The van der Waals surface area contributed by atoms with Gasteiger partial charge in [-0.05, 0) is 54.5 Å². The quantitative estimate of drug-likeness (QED) is 0.791. The van der Waals surface area contributed by atoms with Crippen LogP contribution in [0.3, 0.4) is 0 Å². The van der Waals surface area contributed by atoms with E-state index < -0.39 is 0 Å². The minimum Gasteiger partial charge on any atom is -0.376 e. The van der Waals surface area contributed by atoms with Gasteiger partial charge in [-0.15, -0.1) is 0 Å². The highest BCUT2D eigenvalue weighted by Gasteiger charge is 2.24. The molecule has 0 bridgehead atoms. The number of benzene rings is 2. The number of aryl methyl sites for hydroxylation is 1. The van der Waals surface area contributed by atoms with Crippen molar-refractivity contribution in [2.75, 3.05) is 5.32 Å². The summed E-state index contributed by atoms with van der Waals surface area (Å²) in [4.78, 5) is 0. The zero-order chi connectivity index (χ0) is 14.1. The lowest BCUT2D eigenvalue weighted by Crippen LogP contribution is -2.19. The van der Waals surface area contributed by atoms with Crippen molar-refractivity contribution in [2.24, 2.45) is 0 Å². The van der Waals surface area contributed by atoms with E-state index in [2.05, 4.69) is 36.5 Å². The highest BCUT2D eigenvalue weighted by Crippen LogP contribution is 2.39. The monoisotopic (exact) mass is 269 g/mol. The van der Waals surface area contributed by atoms with Crippen LogP contribution in [-0.2, 0) is 0 Å². The molecule has 2 unspecified atom stereocenters. The lowest BCUT2D eigenvalue weighted by atomic mass is 9.81. The standard InChI is InChI=1S/C18H20FN/c1-12-7-9-16(19)18(11-12)20-17-10-8-13(2)14-5-3-4-6-15(14)17/h3-7,9,11,13,17,20H,8,10H2,1-2H3. The molecule has 0 aliphatic heterocycles. The van der Waals surface area contributed by atoms with Crippen molar-refractivity contribution >= 4 is 5.69 Å². The second-order valence-corrected chi connectivity index (χ2v) is 5.79. The molecule has 3 rings (SSSR count). The van der Waals surface area contributed by atoms with Crippen molar-refractivity contribution in [3.8, 4) is 0 Å². The number of fused-ring (bicyclic) bond motifs is 1. The molecule has 2 atom stereocenters. The van der Waals surface area contributed by atoms with Crippen LogP contribution < -0.4 is 5.32 Å². The summed E-state index contributed by atoms with van der Waals surface area (Å²) in [5.41, 5.74) is 4.39. The van der Waals surface area contributed by atoms with Gasteiger partial charge in [-0.2, -0.15) is 0 Å². The fraction of sp³-hybridized carbons (Fsp3) is 0.333. The van der Waals surface area contributed by atoms with Crippen LogP contribution >= 0.6 is 0 Å². The Kier molecular flexibility index (Phi) is 3.47. The Morgan fingerprint density at radius 1 is 1.05 bits per heavy atom. The van der Waals surface area contributed by atoms with Gasteiger partial charge in [-0.3, -0.25) is 0 Å². The second kappa shape index (κ2) is 5.28.